The maximum absolute atomic E-state index is 11.9. The Kier molecular flexibility index (Phi) is 6.10. The van der Waals surface area contributed by atoms with Crippen molar-refractivity contribution in [3.63, 3.8) is 0 Å². The van der Waals surface area contributed by atoms with Gasteiger partial charge in [0, 0.05) is 25.1 Å². The molecule has 0 bridgehead atoms. The van der Waals surface area contributed by atoms with E-state index in [4.69, 9.17) is 38.1 Å². The van der Waals surface area contributed by atoms with Gasteiger partial charge in [0.25, 0.3) is 5.56 Å². The van der Waals surface area contributed by atoms with Crippen LogP contribution >= 0.6 is 6.13 Å². The van der Waals surface area contributed by atoms with E-state index in [0.717, 1.165) is 0 Å². The lowest BCUT2D eigenvalue weighted by Gasteiger charge is -2.16. The Hall–Kier alpha value is -1.06. The van der Waals surface area contributed by atoms with Crippen LogP contribution in [0.1, 0.15) is 25.1 Å². The van der Waals surface area contributed by atoms with Crippen molar-refractivity contribution in [1.29, 1.82) is 0 Å². The summed E-state index contributed by atoms with van der Waals surface area (Å²) in [6.07, 6.45) is -1.60. The molecule has 1 fully saturated rings. The van der Waals surface area contributed by atoms with Gasteiger partial charge in [-0.15, -0.1) is 0 Å². The number of nitrogens with one attached hydrogen (secondary N) is 1. The van der Waals surface area contributed by atoms with Gasteiger partial charge in [-0.3, -0.25) is 19.1 Å². The maximum atomic E-state index is 11.9. The number of aryl methyl sites for hydroxylation is 1. The largest absolute Gasteiger partial charge is 0.460 e. The number of hydrogen-bond donors (Lipinski definition) is 1. The van der Waals surface area contributed by atoms with Gasteiger partial charge in [-0.25, -0.2) is 4.79 Å². The summed E-state index contributed by atoms with van der Waals surface area (Å²) in [5.74, 6) is -0.465. The van der Waals surface area contributed by atoms with Gasteiger partial charge in [0.05, 0.1) is 0 Å². The predicted molar refractivity (Wildman–Crippen MR) is 87.7 cm³/mol. The Morgan fingerprint density at radius 2 is 2.30 bits per heavy atom. The molecule has 2 rings (SSSR count). The van der Waals surface area contributed by atoms with E-state index in [-0.39, 0.29) is 13.0 Å². The van der Waals surface area contributed by atoms with Crippen molar-refractivity contribution in [2.75, 3.05) is 6.61 Å². The highest BCUT2D eigenvalue weighted by Crippen LogP contribution is 2.32. The van der Waals surface area contributed by atoms with Gasteiger partial charge in [-0.05, 0) is 6.92 Å². The Labute approximate surface area is 142 Å². The number of H-pyrrole nitrogens is 1. The van der Waals surface area contributed by atoms with E-state index >= 15 is 0 Å². The summed E-state index contributed by atoms with van der Waals surface area (Å²) in [7, 11) is 0. The van der Waals surface area contributed by atoms with E-state index < -0.39 is 41.8 Å². The Bertz CT molecular complexity index is 733. The summed E-state index contributed by atoms with van der Waals surface area (Å²) in [4.78, 5) is 36.8. The summed E-state index contributed by atoms with van der Waals surface area (Å²) in [5, 5.41) is 0. The van der Waals surface area contributed by atoms with E-state index in [9.17, 15) is 14.4 Å². The predicted octanol–water partition coefficient (Wildman–Crippen LogP) is 0.402. The number of rotatable bonds is 5. The first-order valence-corrected chi connectivity index (χ1v) is 9.98. The smallest absolute Gasteiger partial charge is 0.330 e. The zero-order chi connectivity index (χ0) is 17.1. The van der Waals surface area contributed by atoms with Gasteiger partial charge in [-0.1, -0.05) is 0 Å². The average Bonchev–Trinajstić information content (AvgIpc) is 2.82. The van der Waals surface area contributed by atoms with Gasteiger partial charge in [0.2, 0.25) is 6.13 Å². The lowest BCUT2D eigenvalue weighted by Crippen LogP contribution is -2.33. The molecule has 0 saturated carbocycles. The fraction of sp³-hybridized carbons (Fsp3) is 0.583. The van der Waals surface area contributed by atoms with E-state index in [2.05, 4.69) is 4.98 Å². The summed E-state index contributed by atoms with van der Waals surface area (Å²) in [5.41, 5.74) is -0.678. The SMILES string of the molecule is CC(=O)O[C@H]1C[C@H](n2cc(C)c(=O)[nH]c2=O)O[C@@H]1CO[P+](=S)[S-]. The van der Waals surface area contributed by atoms with Crippen LogP contribution in [0.15, 0.2) is 15.8 Å². The van der Waals surface area contributed by atoms with E-state index in [1.54, 1.807) is 6.92 Å². The Balaban J connectivity index is 2.23. The first-order chi connectivity index (χ1) is 10.8. The van der Waals surface area contributed by atoms with Crippen molar-refractivity contribution in [2.45, 2.75) is 38.7 Å². The molecule has 1 saturated heterocycles. The number of hydrogen-bond acceptors (Lipinski definition) is 8. The van der Waals surface area contributed by atoms with E-state index in [0.29, 0.717) is 5.56 Å². The van der Waals surface area contributed by atoms with Crippen molar-refractivity contribution in [3.8, 4) is 0 Å². The monoisotopic (exact) mass is 378 g/mol. The summed E-state index contributed by atoms with van der Waals surface area (Å²) < 4.78 is 17.4. The molecule has 1 N–H and O–H groups in total. The van der Waals surface area contributed by atoms with Gasteiger partial charge in [0.15, 0.2) is 11.8 Å². The van der Waals surface area contributed by atoms with E-state index in [1.807, 2.05) is 0 Å². The second-order valence-electron chi connectivity index (χ2n) is 5.01. The molecule has 0 radical (unpaired) electrons. The topological polar surface area (TPSA) is 99.6 Å². The minimum Gasteiger partial charge on any atom is -0.460 e. The highest BCUT2D eigenvalue weighted by atomic mass is 32.9. The summed E-state index contributed by atoms with van der Waals surface area (Å²) >= 11 is 9.63. The summed E-state index contributed by atoms with van der Waals surface area (Å²) in [6, 6.07) is 0. The third kappa shape index (κ3) is 4.71. The zero-order valence-corrected chi connectivity index (χ0v) is 14.9. The van der Waals surface area contributed by atoms with Crippen LogP contribution in [-0.4, -0.2) is 34.3 Å². The fourth-order valence-corrected chi connectivity index (χ4v) is 2.93. The molecule has 1 aliphatic heterocycles. The number of carbonyl (C=O) groups is 1. The molecule has 23 heavy (non-hydrogen) atoms. The number of ether oxygens (including phenoxy) is 2. The van der Waals surface area contributed by atoms with Crippen molar-refractivity contribution in [1.82, 2.24) is 9.55 Å². The Morgan fingerprint density at radius 1 is 1.61 bits per heavy atom. The highest BCUT2D eigenvalue weighted by molar-refractivity contribution is 8.45. The molecule has 1 aromatic rings. The molecule has 126 valence electrons. The first-order valence-electron chi connectivity index (χ1n) is 6.70. The van der Waals surface area contributed by atoms with Crippen LogP contribution in [0.2, 0.25) is 0 Å². The molecule has 0 aromatic carbocycles. The van der Waals surface area contributed by atoms with Crippen LogP contribution in [0.5, 0.6) is 0 Å². The molecule has 0 amide bonds. The highest BCUT2D eigenvalue weighted by Gasteiger charge is 2.39. The zero-order valence-electron chi connectivity index (χ0n) is 12.4. The maximum Gasteiger partial charge on any atom is 0.330 e. The van der Waals surface area contributed by atoms with Crippen LogP contribution in [0.25, 0.3) is 0 Å². The van der Waals surface area contributed by atoms with Gasteiger partial charge < -0.3 is 21.7 Å². The third-order valence-corrected chi connectivity index (χ3v) is 4.29. The molecule has 2 heterocycles. The number of aromatic amines is 1. The van der Waals surface area contributed by atoms with Gasteiger partial charge in [0.1, 0.15) is 25.0 Å². The standard InChI is InChI=1S/C12H15N2O6PS2/c1-6-4-14(12(17)13-11(6)16)10-3-8(19-7(2)15)9(20-10)5-18-21(22)23/h4,8-10H,3,5H2,1-2H3,(H,13,16,17)/t8-,9+,10+/m0/s1. The third-order valence-electron chi connectivity index (χ3n) is 3.30. The van der Waals surface area contributed by atoms with Gasteiger partial charge in [-0.2, -0.15) is 4.52 Å². The molecule has 11 heteroatoms. The van der Waals surface area contributed by atoms with Gasteiger partial charge >= 0.3 is 11.7 Å². The van der Waals surface area contributed by atoms with Crippen LogP contribution in [0, 0.1) is 6.92 Å². The molecule has 8 nitrogen and oxygen atoms in total. The number of nitrogens with zero attached hydrogens (tertiary/aromatic N) is 1. The molecular formula is C12H15N2O6PS2. The average molecular weight is 378 g/mol. The lowest BCUT2D eigenvalue weighted by molar-refractivity contribution is -0.150. The molecule has 1 aromatic heterocycles. The first kappa shape index (κ1) is 18.3. The number of esters is 1. The molecule has 1 unspecified atom stereocenters. The fourth-order valence-electron chi connectivity index (χ4n) is 2.29. The summed E-state index contributed by atoms with van der Waals surface area (Å²) in [6.45, 7) is 2.94. The Morgan fingerprint density at radius 3 is 2.91 bits per heavy atom. The number of carbonyl (C=O) groups excluding carboxylic acids is 1. The molecule has 0 spiro atoms. The van der Waals surface area contributed by atoms with Crippen molar-refractivity contribution in [3.05, 3.63) is 32.6 Å². The molecule has 1 aliphatic rings. The molecule has 0 aliphatic carbocycles. The van der Waals surface area contributed by atoms with Crippen molar-refractivity contribution in [2.24, 2.45) is 0 Å². The minimum absolute atomic E-state index is 0.0736. The van der Waals surface area contributed by atoms with E-state index in [1.165, 1.54) is 17.7 Å². The van der Waals surface area contributed by atoms with Crippen LogP contribution in [-0.2, 0) is 42.8 Å². The second-order valence-corrected chi connectivity index (χ2v) is 8.40. The van der Waals surface area contributed by atoms with Crippen molar-refractivity contribution >= 4 is 36.2 Å². The number of aromatic nitrogens is 2. The normalized spacial score (nSPS) is 24.5. The molecular weight excluding hydrogens is 363 g/mol. The van der Waals surface area contributed by atoms with Crippen LogP contribution < -0.4 is 11.2 Å². The quantitative estimate of drug-likeness (QED) is 0.447. The molecule has 4 atom stereocenters. The van der Waals surface area contributed by atoms with Crippen LogP contribution in [0.3, 0.4) is 0 Å². The minimum atomic E-state index is -1.41. The second kappa shape index (κ2) is 7.67. The lowest BCUT2D eigenvalue weighted by atomic mass is 10.2. The van der Waals surface area contributed by atoms with Crippen LogP contribution in [0.4, 0.5) is 0 Å². The van der Waals surface area contributed by atoms with Crippen molar-refractivity contribution < 1.29 is 18.8 Å².